The van der Waals surface area contributed by atoms with Gasteiger partial charge in [0.05, 0.1) is 5.56 Å². The van der Waals surface area contributed by atoms with Crippen LogP contribution in [-0.4, -0.2) is 16.1 Å². The number of pyridine rings is 1. The quantitative estimate of drug-likeness (QED) is 0.546. The highest BCUT2D eigenvalue weighted by Gasteiger charge is 2.13. The van der Waals surface area contributed by atoms with E-state index in [-0.39, 0.29) is 11.1 Å². The molecule has 0 aliphatic rings. The van der Waals surface area contributed by atoms with Crippen molar-refractivity contribution < 1.29 is 9.90 Å². The molecule has 0 bridgehead atoms. The number of carboxylic acid groups (broad SMARTS) is 1. The number of benzene rings is 2. The number of aromatic carboxylic acids is 1. The van der Waals surface area contributed by atoms with Crippen molar-refractivity contribution in [2.75, 3.05) is 0 Å². The van der Waals surface area contributed by atoms with E-state index in [0.717, 1.165) is 21.2 Å². The summed E-state index contributed by atoms with van der Waals surface area (Å²) in [7, 11) is 0. The Balaban J connectivity index is 2.15. The molecule has 0 unspecified atom stereocenters. The van der Waals surface area contributed by atoms with Crippen LogP contribution in [0.4, 0.5) is 0 Å². The van der Waals surface area contributed by atoms with Gasteiger partial charge >= 0.3 is 5.97 Å². The molecular weight excluding hydrogens is 310 g/mol. The first kappa shape index (κ1) is 13.7. The zero-order chi connectivity index (χ0) is 16.0. The standard InChI is InChI=1S/C18H11NO3S/c20-17-8-11-7-14(18(21)22)12-4-3-10(16-2-1-5-23-16)6-13(12)15(11)9-19-17/h1-9H,(H,19,20)(H,21,22). The molecule has 0 aliphatic carbocycles. The highest BCUT2D eigenvalue weighted by atomic mass is 32.1. The molecule has 2 heterocycles. The van der Waals surface area contributed by atoms with Crippen LogP contribution in [0.5, 0.6) is 0 Å². The minimum Gasteiger partial charge on any atom is -0.478 e. The fraction of sp³-hybridized carbons (Fsp3) is 0. The Bertz CT molecular complexity index is 1110. The minimum absolute atomic E-state index is 0.204. The van der Waals surface area contributed by atoms with Gasteiger partial charge in [-0.05, 0) is 45.3 Å². The van der Waals surface area contributed by atoms with Gasteiger partial charge in [0.25, 0.3) is 0 Å². The summed E-state index contributed by atoms with van der Waals surface area (Å²) < 4.78 is 0. The maximum absolute atomic E-state index is 11.6. The Kier molecular flexibility index (Phi) is 3.02. The number of aromatic amines is 1. The van der Waals surface area contributed by atoms with Crippen molar-refractivity contribution in [2.45, 2.75) is 0 Å². The van der Waals surface area contributed by atoms with Gasteiger partial charge in [-0.1, -0.05) is 18.2 Å². The van der Waals surface area contributed by atoms with Crippen molar-refractivity contribution in [3.05, 3.63) is 70.0 Å². The molecule has 0 saturated carbocycles. The average molecular weight is 321 g/mol. The average Bonchev–Trinajstić information content (AvgIpc) is 3.07. The maximum Gasteiger partial charge on any atom is 0.336 e. The predicted octanol–water partition coefficient (Wildman–Crippen LogP) is 4.11. The third kappa shape index (κ3) is 2.22. The summed E-state index contributed by atoms with van der Waals surface area (Å²) >= 11 is 1.63. The van der Waals surface area contributed by atoms with Crippen LogP contribution in [0.3, 0.4) is 0 Å². The van der Waals surface area contributed by atoms with Crippen LogP contribution >= 0.6 is 11.3 Å². The first-order valence-corrected chi connectivity index (χ1v) is 7.88. The number of nitrogens with one attached hydrogen (secondary N) is 1. The number of carbonyl (C=O) groups is 1. The first-order valence-electron chi connectivity index (χ1n) is 7.00. The minimum atomic E-state index is -0.999. The van der Waals surface area contributed by atoms with Crippen molar-refractivity contribution in [1.29, 1.82) is 0 Å². The van der Waals surface area contributed by atoms with Crippen molar-refractivity contribution in [1.82, 2.24) is 4.98 Å². The van der Waals surface area contributed by atoms with Gasteiger partial charge in [0.1, 0.15) is 0 Å². The molecular formula is C18H11NO3S. The second-order valence-electron chi connectivity index (χ2n) is 5.27. The van der Waals surface area contributed by atoms with Crippen LogP contribution in [0.25, 0.3) is 32.0 Å². The molecule has 2 aromatic heterocycles. The van der Waals surface area contributed by atoms with E-state index in [1.807, 2.05) is 35.7 Å². The van der Waals surface area contributed by atoms with Crippen molar-refractivity contribution >= 4 is 38.9 Å². The summed E-state index contributed by atoms with van der Waals surface area (Å²) in [6.07, 6.45) is 1.64. The number of hydrogen-bond donors (Lipinski definition) is 2. The smallest absolute Gasteiger partial charge is 0.336 e. The Morgan fingerprint density at radius 2 is 1.91 bits per heavy atom. The summed E-state index contributed by atoms with van der Waals surface area (Å²) in [5.41, 5.74) is 0.987. The number of carboxylic acids is 1. The summed E-state index contributed by atoms with van der Waals surface area (Å²) in [4.78, 5) is 26.9. The van der Waals surface area contributed by atoms with Gasteiger partial charge in [-0.15, -0.1) is 11.3 Å². The van der Waals surface area contributed by atoms with Crippen molar-refractivity contribution in [3.8, 4) is 10.4 Å². The molecule has 0 saturated heterocycles. The van der Waals surface area contributed by atoms with Crippen LogP contribution in [-0.2, 0) is 0 Å². The monoisotopic (exact) mass is 321 g/mol. The molecule has 0 fully saturated rings. The van der Waals surface area contributed by atoms with Crippen LogP contribution in [0, 0.1) is 0 Å². The van der Waals surface area contributed by atoms with Gasteiger partial charge in [-0.3, -0.25) is 4.79 Å². The summed E-state index contributed by atoms with van der Waals surface area (Å²) in [6, 6.07) is 12.7. The lowest BCUT2D eigenvalue weighted by molar-refractivity contribution is 0.0699. The number of thiophene rings is 1. The van der Waals surface area contributed by atoms with Gasteiger partial charge in [0.15, 0.2) is 0 Å². The fourth-order valence-electron chi connectivity index (χ4n) is 2.85. The van der Waals surface area contributed by atoms with E-state index < -0.39 is 5.97 Å². The number of H-pyrrole nitrogens is 1. The Morgan fingerprint density at radius 3 is 2.65 bits per heavy atom. The van der Waals surface area contributed by atoms with Crippen LogP contribution < -0.4 is 5.56 Å². The lowest BCUT2D eigenvalue weighted by Crippen LogP contribution is -2.04. The molecule has 4 rings (SSSR count). The van der Waals surface area contributed by atoms with Crippen LogP contribution in [0.2, 0.25) is 0 Å². The van der Waals surface area contributed by atoms with Gasteiger partial charge in [0, 0.05) is 22.5 Å². The number of fused-ring (bicyclic) bond motifs is 3. The Hall–Kier alpha value is -2.92. The first-order chi connectivity index (χ1) is 11.1. The molecule has 2 aromatic carbocycles. The second kappa shape index (κ2) is 5.07. The molecule has 23 heavy (non-hydrogen) atoms. The molecule has 0 spiro atoms. The predicted molar refractivity (Wildman–Crippen MR) is 92.3 cm³/mol. The van der Waals surface area contributed by atoms with E-state index in [4.69, 9.17) is 0 Å². The maximum atomic E-state index is 11.6. The van der Waals surface area contributed by atoms with E-state index >= 15 is 0 Å². The second-order valence-corrected chi connectivity index (χ2v) is 6.21. The van der Waals surface area contributed by atoms with E-state index in [9.17, 15) is 14.7 Å². The van der Waals surface area contributed by atoms with Crippen molar-refractivity contribution in [2.24, 2.45) is 0 Å². The summed E-state index contributed by atoms with van der Waals surface area (Å²) in [5.74, 6) is -0.999. The van der Waals surface area contributed by atoms with E-state index in [2.05, 4.69) is 4.98 Å². The third-order valence-corrected chi connectivity index (χ3v) is 4.81. The van der Waals surface area contributed by atoms with Crippen LogP contribution in [0.1, 0.15) is 10.4 Å². The van der Waals surface area contributed by atoms with Gasteiger partial charge < -0.3 is 10.1 Å². The van der Waals surface area contributed by atoms with Gasteiger partial charge in [-0.2, -0.15) is 0 Å². The number of aromatic nitrogens is 1. The van der Waals surface area contributed by atoms with E-state index in [1.54, 1.807) is 23.6 Å². The van der Waals surface area contributed by atoms with Crippen molar-refractivity contribution in [3.63, 3.8) is 0 Å². The topological polar surface area (TPSA) is 70.2 Å². The normalized spacial score (nSPS) is 11.1. The molecule has 4 aromatic rings. The zero-order valence-corrected chi connectivity index (χ0v) is 12.7. The Labute approximate surface area is 134 Å². The summed E-state index contributed by atoms with van der Waals surface area (Å²) in [6.45, 7) is 0. The molecule has 112 valence electrons. The highest BCUT2D eigenvalue weighted by molar-refractivity contribution is 7.13. The van der Waals surface area contributed by atoms with Crippen LogP contribution in [0.15, 0.2) is 58.8 Å². The highest BCUT2D eigenvalue weighted by Crippen LogP contribution is 2.33. The molecule has 0 amide bonds. The summed E-state index contributed by atoms with van der Waals surface area (Å²) in [5, 5.41) is 14.4. The van der Waals surface area contributed by atoms with Gasteiger partial charge in [-0.25, -0.2) is 4.79 Å². The SMILES string of the molecule is O=C(O)c1cc2cc(=O)[nH]cc2c2cc(-c3cccs3)ccc12. The lowest BCUT2D eigenvalue weighted by atomic mass is 9.96. The zero-order valence-electron chi connectivity index (χ0n) is 11.9. The largest absolute Gasteiger partial charge is 0.478 e. The Morgan fingerprint density at radius 1 is 1.04 bits per heavy atom. The molecule has 5 heteroatoms. The molecule has 2 N–H and O–H groups in total. The molecule has 0 atom stereocenters. The fourth-order valence-corrected chi connectivity index (χ4v) is 3.57. The lowest BCUT2D eigenvalue weighted by Gasteiger charge is -2.09. The van der Waals surface area contributed by atoms with E-state index in [1.165, 1.54) is 6.07 Å². The molecule has 0 radical (unpaired) electrons. The van der Waals surface area contributed by atoms with Gasteiger partial charge in [0.2, 0.25) is 5.56 Å². The number of hydrogen-bond acceptors (Lipinski definition) is 3. The van der Waals surface area contributed by atoms with E-state index in [0.29, 0.717) is 10.8 Å². The molecule has 4 nitrogen and oxygen atoms in total. The number of rotatable bonds is 2. The third-order valence-electron chi connectivity index (χ3n) is 3.89. The molecule has 0 aliphatic heterocycles.